The standard InChI is InChI=1S/C21H29NO4/c1-14(2)20(16-7-9-17(23-3)10-8-16)22-13-15-11-18(24-4)21(26-6)19(12-15)25-5/h7-12,14,20,22H,13H2,1-6H3. The van der Waals surface area contributed by atoms with E-state index in [2.05, 4.69) is 31.3 Å². The van der Waals surface area contributed by atoms with Gasteiger partial charge in [0.05, 0.1) is 28.4 Å². The highest BCUT2D eigenvalue weighted by Gasteiger charge is 2.17. The molecule has 1 unspecified atom stereocenters. The van der Waals surface area contributed by atoms with Gasteiger partial charge in [-0.05, 0) is 41.3 Å². The van der Waals surface area contributed by atoms with E-state index in [9.17, 15) is 0 Å². The zero-order valence-electron chi connectivity index (χ0n) is 16.5. The Labute approximate surface area is 156 Å². The van der Waals surface area contributed by atoms with Gasteiger partial charge in [-0.2, -0.15) is 0 Å². The molecule has 0 amide bonds. The first-order valence-electron chi connectivity index (χ1n) is 8.70. The molecule has 0 fully saturated rings. The van der Waals surface area contributed by atoms with E-state index >= 15 is 0 Å². The molecule has 5 heteroatoms. The van der Waals surface area contributed by atoms with Gasteiger partial charge in [-0.3, -0.25) is 0 Å². The van der Waals surface area contributed by atoms with Crippen molar-refractivity contribution in [2.75, 3.05) is 28.4 Å². The predicted octanol–water partition coefficient (Wildman–Crippen LogP) is 4.21. The Bertz CT molecular complexity index is 673. The van der Waals surface area contributed by atoms with Crippen molar-refractivity contribution in [1.82, 2.24) is 5.32 Å². The van der Waals surface area contributed by atoms with Crippen LogP contribution in [0.4, 0.5) is 0 Å². The molecule has 0 saturated carbocycles. The third kappa shape index (κ3) is 4.61. The van der Waals surface area contributed by atoms with E-state index < -0.39 is 0 Å². The van der Waals surface area contributed by atoms with Crippen molar-refractivity contribution >= 4 is 0 Å². The second kappa shape index (κ2) is 9.34. The average Bonchev–Trinajstić information content (AvgIpc) is 2.67. The van der Waals surface area contributed by atoms with Crippen LogP contribution < -0.4 is 24.3 Å². The van der Waals surface area contributed by atoms with Gasteiger partial charge in [-0.25, -0.2) is 0 Å². The maximum absolute atomic E-state index is 5.44. The highest BCUT2D eigenvalue weighted by atomic mass is 16.5. The molecule has 0 spiro atoms. The van der Waals surface area contributed by atoms with Gasteiger partial charge in [0, 0.05) is 12.6 Å². The smallest absolute Gasteiger partial charge is 0.203 e. The lowest BCUT2D eigenvalue weighted by molar-refractivity contribution is 0.323. The molecule has 2 aromatic rings. The average molecular weight is 359 g/mol. The van der Waals surface area contributed by atoms with Crippen LogP contribution in [0, 0.1) is 5.92 Å². The Morgan fingerprint density at radius 1 is 0.808 bits per heavy atom. The van der Waals surface area contributed by atoms with Crippen molar-refractivity contribution < 1.29 is 18.9 Å². The summed E-state index contributed by atoms with van der Waals surface area (Å²) in [5.74, 6) is 3.23. The Balaban J connectivity index is 2.20. The van der Waals surface area contributed by atoms with Crippen molar-refractivity contribution in [2.45, 2.75) is 26.4 Å². The molecule has 5 nitrogen and oxygen atoms in total. The molecule has 0 aromatic heterocycles. The monoisotopic (exact) mass is 359 g/mol. The molecule has 0 aliphatic rings. The molecular formula is C21H29NO4. The van der Waals surface area contributed by atoms with E-state index in [1.807, 2.05) is 24.3 Å². The van der Waals surface area contributed by atoms with Crippen molar-refractivity contribution in [1.29, 1.82) is 0 Å². The summed E-state index contributed by atoms with van der Waals surface area (Å²) in [6.07, 6.45) is 0. The van der Waals surface area contributed by atoms with Crippen LogP contribution in [0.2, 0.25) is 0 Å². The van der Waals surface area contributed by atoms with Crippen LogP contribution in [0.25, 0.3) is 0 Å². The molecule has 0 saturated heterocycles. The van der Waals surface area contributed by atoms with Crippen molar-refractivity contribution in [3.8, 4) is 23.0 Å². The predicted molar refractivity (Wildman–Crippen MR) is 104 cm³/mol. The molecule has 2 aromatic carbocycles. The number of ether oxygens (including phenoxy) is 4. The van der Waals surface area contributed by atoms with E-state index in [4.69, 9.17) is 18.9 Å². The summed E-state index contributed by atoms with van der Waals surface area (Å²) in [7, 11) is 6.54. The quantitative estimate of drug-likeness (QED) is 0.727. The highest BCUT2D eigenvalue weighted by Crippen LogP contribution is 2.38. The van der Waals surface area contributed by atoms with Gasteiger partial charge < -0.3 is 24.3 Å². The van der Waals surface area contributed by atoms with Crippen LogP contribution in [0.5, 0.6) is 23.0 Å². The van der Waals surface area contributed by atoms with Gasteiger partial charge in [-0.15, -0.1) is 0 Å². The summed E-state index contributed by atoms with van der Waals surface area (Å²) in [5.41, 5.74) is 2.30. The SMILES string of the molecule is COc1ccc(C(NCc2cc(OC)c(OC)c(OC)c2)C(C)C)cc1. The molecule has 0 heterocycles. The Morgan fingerprint density at radius 2 is 1.38 bits per heavy atom. The minimum atomic E-state index is 0.222. The summed E-state index contributed by atoms with van der Waals surface area (Å²) in [5, 5.41) is 3.64. The first-order valence-corrected chi connectivity index (χ1v) is 8.70. The number of hydrogen-bond acceptors (Lipinski definition) is 5. The third-order valence-corrected chi connectivity index (χ3v) is 4.39. The van der Waals surface area contributed by atoms with Crippen LogP contribution in [0.15, 0.2) is 36.4 Å². The van der Waals surface area contributed by atoms with E-state index in [0.717, 1.165) is 11.3 Å². The van der Waals surface area contributed by atoms with Crippen LogP contribution in [-0.4, -0.2) is 28.4 Å². The summed E-state index contributed by atoms with van der Waals surface area (Å²) in [6, 6.07) is 12.4. The van der Waals surface area contributed by atoms with Gasteiger partial charge in [0.1, 0.15) is 5.75 Å². The second-order valence-corrected chi connectivity index (χ2v) is 6.41. The lowest BCUT2D eigenvalue weighted by atomic mass is 9.95. The van der Waals surface area contributed by atoms with Crippen LogP contribution >= 0.6 is 0 Å². The maximum atomic E-state index is 5.44. The van der Waals surface area contributed by atoms with Crippen LogP contribution in [-0.2, 0) is 6.54 Å². The van der Waals surface area contributed by atoms with Gasteiger partial charge in [0.25, 0.3) is 0 Å². The summed E-state index contributed by atoms with van der Waals surface area (Å²) in [6.45, 7) is 5.10. The van der Waals surface area contributed by atoms with Crippen LogP contribution in [0.3, 0.4) is 0 Å². The number of hydrogen-bond donors (Lipinski definition) is 1. The fraction of sp³-hybridized carbons (Fsp3) is 0.429. The molecule has 26 heavy (non-hydrogen) atoms. The molecule has 1 atom stereocenters. The zero-order chi connectivity index (χ0) is 19.1. The Morgan fingerprint density at radius 3 is 1.81 bits per heavy atom. The van der Waals surface area contributed by atoms with E-state index in [0.29, 0.717) is 29.7 Å². The van der Waals surface area contributed by atoms with Gasteiger partial charge in [0.2, 0.25) is 5.75 Å². The molecule has 0 aliphatic heterocycles. The highest BCUT2D eigenvalue weighted by molar-refractivity contribution is 5.53. The molecule has 0 bridgehead atoms. The molecule has 0 aliphatic carbocycles. The number of benzene rings is 2. The largest absolute Gasteiger partial charge is 0.497 e. The minimum Gasteiger partial charge on any atom is -0.497 e. The first kappa shape index (κ1) is 19.9. The van der Waals surface area contributed by atoms with Gasteiger partial charge in [0.15, 0.2) is 11.5 Å². The number of methoxy groups -OCH3 is 4. The van der Waals surface area contributed by atoms with Crippen molar-refractivity contribution in [3.05, 3.63) is 47.5 Å². The van der Waals surface area contributed by atoms with E-state index in [-0.39, 0.29) is 6.04 Å². The normalized spacial score (nSPS) is 12.0. The van der Waals surface area contributed by atoms with Crippen molar-refractivity contribution in [3.63, 3.8) is 0 Å². The van der Waals surface area contributed by atoms with Gasteiger partial charge in [-0.1, -0.05) is 26.0 Å². The van der Waals surface area contributed by atoms with E-state index in [1.165, 1.54) is 5.56 Å². The molecule has 1 N–H and O–H groups in total. The molecular weight excluding hydrogens is 330 g/mol. The summed E-state index contributed by atoms with van der Waals surface area (Å²) < 4.78 is 21.5. The number of rotatable bonds is 9. The lowest BCUT2D eigenvalue weighted by Gasteiger charge is -2.24. The summed E-state index contributed by atoms with van der Waals surface area (Å²) in [4.78, 5) is 0. The Hall–Kier alpha value is -2.40. The maximum Gasteiger partial charge on any atom is 0.203 e. The number of nitrogens with one attached hydrogen (secondary N) is 1. The van der Waals surface area contributed by atoms with Gasteiger partial charge >= 0.3 is 0 Å². The first-order chi connectivity index (χ1) is 12.5. The molecule has 0 radical (unpaired) electrons. The topological polar surface area (TPSA) is 49.0 Å². The zero-order valence-corrected chi connectivity index (χ0v) is 16.5. The van der Waals surface area contributed by atoms with E-state index in [1.54, 1.807) is 28.4 Å². The minimum absolute atomic E-state index is 0.222. The summed E-state index contributed by atoms with van der Waals surface area (Å²) >= 11 is 0. The molecule has 2 rings (SSSR count). The second-order valence-electron chi connectivity index (χ2n) is 6.41. The fourth-order valence-electron chi connectivity index (χ4n) is 3.01. The van der Waals surface area contributed by atoms with Crippen molar-refractivity contribution in [2.24, 2.45) is 5.92 Å². The Kier molecular flexibility index (Phi) is 7.16. The third-order valence-electron chi connectivity index (χ3n) is 4.39. The lowest BCUT2D eigenvalue weighted by Crippen LogP contribution is -2.25. The fourth-order valence-corrected chi connectivity index (χ4v) is 3.01. The molecule has 142 valence electrons. The van der Waals surface area contributed by atoms with Crippen LogP contribution in [0.1, 0.15) is 31.0 Å².